The van der Waals surface area contributed by atoms with Gasteiger partial charge < -0.3 is 15.4 Å². The Kier molecular flexibility index (Phi) is 4.62. The van der Waals surface area contributed by atoms with E-state index >= 15 is 0 Å². The molecule has 1 saturated heterocycles. The highest BCUT2D eigenvalue weighted by molar-refractivity contribution is 5.79. The van der Waals surface area contributed by atoms with Crippen LogP contribution in [0.5, 0.6) is 0 Å². The van der Waals surface area contributed by atoms with Crippen molar-refractivity contribution in [3.8, 4) is 0 Å². The summed E-state index contributed by atoms with van der Waals surface area (Å²) in [7, 11) is 0. The number of amides is 1. The maximum atomic E-state index is 12.5. The second-order valence-electron chi connectivity index (χ2n) is 5.97. The molecule has 4 atom stereocenters. The number of nitrogens with two attached hydrogens (primary N) is 1. The number of rotatable bonds is 1. The van der Waals surface area contributed by atoms with Crippen molar-refractivity contribution in [2.45, 2.75) is 51.7 Å². The maximum Gasteiger partial charge on any atom is 0.225 e. The fourth-order valence-electron chi connectivity index (χ4n) is 3.03. The van der Waals surface area contributed by atoms with Crippen molar-refractivity contribution >= 4 is 5.91 Å². The molecule has 2 aliphatic rings. The van der Waals surface area contributed by atoms with Gasteiger partial charge in [-0.2, -0.15) is 0 Å². The van der Waals surface area contributed by atoms with Gasteiger partial charge in [0.1, 0.15) is 0 Å². The Morgan fingerprint density at radius 2 is 2.11 bits per heavy atom. The van der Waals surface area contributed by atoms with Gasteiger partial charge in [0.05, 0.1) is 6.10 Å². The largest absolute Gasteiger partial charge is 0.377 e. The normalized spacial score (nSPS) is 38.3. The molecule has 1 saturated carbocycles. The Bertz CT molecular complexity index is 296. The van der Waals surface area contributed by atoms with E-state index in [1.807, 2.05) is 11.8 Å². The molecule has 4 heteroatoms. The summed E-state index contributed by atoms with van der Waals surface area (Å²) in [5.74, 6) is 0.997. The lowest BCUT2D eigenvalue weighted by Crippen LogP contribution is -2.44. The molecule has 1 amide bonds. The summed E-state index contributed by atoms with van der Waals surface area (Å²) in [6, 6.07) is 0.188. The standard InChI is InChI=1S/C14H26N2O2/c1-10-4-5-12(8-13(10)15)14(17)16-6-3-7-18-11(2)9-16/h10-13H,3-9,15H2,1-2H3. The van der Waals surface area contributed by atoms with E-state index in [-0.39, 0.29) is 18.1 Å². The predicted octanol–water partition coefficient (Wildman–Crippen LogP) is 1.39. The van der Waals surface area contributed by atoms with E-state index in [0.29, 0.717) is 11.8 Å². The third kappa shape index (κ3) is 3.23. The highest BCUT2D eigenvalue weighted by Crippen LogP contribution is 2.29. The molecule has 0 aromatic heterocycles. The van der Waals surface area contributed by atoms with E-state index < -0.39 is 0 Å². The van der Waals surface area contributed by atoms with E-state index in [1.165, 1.54) is 0 Å². The Balaban J connectivity index is 1.93. The summed E-state index contributed by atoms with van der Waals surface area (Å²) in [4.78, 5) is 14.5. The predicted molar refractivity (Wildman–Crippen MR) is 71.1 cm³/mol. The average molecular weight is 254 g/mol. The summed E-state index contributed by atoms with van der Waals surface area (Å²) >= 11 is 0. The Labute approximate surface area is 110 Å². The zero-order valence-electron chi connectivity index (χ0n) is 11.6. The van der Waals surface area contributed by atoms with Crippen LogP contribution in [-0.4, -0.2) is 42.6 Å². The van der Waals surface area contributed by atoms with Crippen LogP contribution in [0.3, 0.4) is 0 Å². The van der Waals surface area contributed by atoms with E-state index in [9.17, 15) is 4.79 Å². The van der Waals surface area contributed by atoms with Gasteiger partial charge in [-0.3, -0.25) is 4.79 Å². The molecular weight excluding hydrogens is 228 g/mol. The summed E-state index contributed by atoms with van der Waals surface area (Å²) in [6.45, 7) is 6.57. The van der Waals surface area contributed by atoms with Crippen molar-refractivity contribution in [2.24, 2.45) is 17.6 Å². The van der Waals surface area contributed by atoms with Gasteiger partial charge in [0.15, 0.2) is 0 Å². The molecule has 104 valence electrons. The number of hydrogen-bond donors (Lipinski definition) is 1. The molecule has 0 bridgehead atoms. The van der Waals surface area contributed by atoms with Gasteiger partial charge in [0.25, 0.3) is 0 Å². The van der Waals surface area contributed by atoms with E-state index in [4.69, 9.17) is 10.5 Å². The first-order valence-corrected chi connectivity index (χ1v) is 7.24. The van der Waals surface area contributed by atoms with Gasteiger partial charge in [-0.25, -0.2) is 0 Å². The van der Waals surface area contributed by atoms with Crippen LogP contribution in [0, 0.1) is 11.8 Å². The Morgan fingerprint density at radius 3 is 2.83 bits per heavy atom. The van der Waals surface area contributed by atoms with E-state index in [1.54, 1.807) is 0 Å². The molecular formula is C14H26N2O2. The fraction of sp³-hybridized carbons (Fsp3) is 0.929. The van der Waals surface area contributed by atoms with Crippen molar-refractivity contribution in [1.29, 1.82) is 0 Å². The fourth-order valence-corrected chi connectivity index (χ4v) is 3.03. The van der Waals surface area contributed by atoms with Crippen molar-refractivity contribution in [3.05, 3.63) is 0 Å². The topological polar surface area (TPSA) is 55.6 Å². The summed E-state index contributed by atoms with van der Waals surface area (Å²) < 4.78 is 5.59. The van der Waals surface area contributed by atoms with E-state index in [2.05, 4.69) is 6.92 Å². The monoisotopic (exact) mass is 254 g/mol. The molecule has 18 heavy (non-hydrogen) atoms. The van der Waals surface area contributed by atoms with Crippen LogP contribution < -0.4 is 5.73 Å². The smallest absolute Gasteiger partial charge is 0.225 e. The first-order valence-electron chi connectivity index (χ1n) is 7.24. The van der Waals surface area contributed by atoms with Gasteiger partial charge in [-0.1, -0.05) is 6.92 Å². The Morgan fingerprint density at radius 1 is 1.33 bits per heavy atom. The van der Waals surface area contributed by atoms with Crippen molar-refractivity contribution in [2.75, 3.05) is 19.7 Å². The Hall–Kier alpha value is -0.610. The molecule has 4 unspecified atom stereocenters. The highest BCUT2D eigenvalue weighted by Gasteiger charge is 2.32. The molecule has 0 aromatic rings. The molecule has 1 aliphatic heterocycles. The molecule has 0 spiro atoms. The first-order chi connectivity index (χ1) is 8.58. The second-order valence-corrected chi connectivity index (χ2v) is 5.97. The third-order valence-corrected chi connectivity index (χ3v) is 4.37. The zero-order chi connectivity index (χ0) is 13.1. The molecule has 2 fully saturated rings. The summed E-state index contributed by atoms with van der Waals surface area (Å²) in [5.41, 5.74) is 6.10. The lowest BCUT2D eigenvalue weighted by Gasteiger charge is -2.34. The molecule has 2 N–H and O–H groups in total. The van der Waals surface area contributed by atoms with E-state index in [0.717, 1.165) is 45.4 Å². The van der Waals surface area contributed by atoms with Crippen molar-refractivity contribution in [1.82, 2.24) is 4.90 Å². The SMILES string of the molecule is CC1CN(C(=O)C2CCC(C)C(N)C2)CCCO1. The number of carbonyl (C=O) groups is 1. The molecule has 1 aliphatic carbocycles. The van der Waals surface area contributed by atoms with Crippen LogP contribution in [0.4, 0.5) is 0 Å². The zero-order valence-corrected chi connectivity index (χ0v) is 11.6. The third-order valence-electron chi connectivity index (χ3n) is 4.37. The molecule has 2 rings (SSSR count). The second kappa shape index (κ2) is 6.02. The van der Waals surface area contributed by atoms with Crippen LogP contribution in [0.15, 0.2) is 0 Å². The van der Waals surface area contributed by atoms with Gasteiger partial charge in [-0.15, -0.1) is 0 Å². The van der Waals surface area contributed by atoms with Gasteiger partial charge in [0.2, 0.25) is 5.91 Å². The highest BCUT2D eigenvalue weighted by atomic mass is 16.5. The minimum absolute atomic E-state index is 0.140. The quantitative estimate of drug-likeness (QED) is 0.769. The van der Waals surface area contributed by atoms with Gasteiger partial charge in [-0.05, 0) is 38.5 Å². The van der Waals surface area contributed by atoms with Crippen LogP contribution >= 0.6 is 0 Å². The van der Waals surface area contributed by atoms with Gasteiger partial charge >= 0.3 is 0 Å². The van der Waals surface area contributed by atoms with Gasteiger partial charge in [0, 0.05) is 31.7 Å². The average Bonchev–Trinajstić information content (AvgIpc) is 2.56. The molecule has 4 nitrogen and oxygen atoms in total. The lowest BCUT2D eigenvalue weighted by molar-refractivity contribution is -0.137. The molecule has 0 radical (unpaired) electrons. The number of ether oxygens (including phenoxy) is 1. The van der Waals surface area contributed by atoms with Crippen LogP contribution in [0.1, 0.15) is 39.5 Å². The summed E-state index contributed by atoms with van der Waals surface area (Å²) in [6.07, 6.45) is 4.04. The number of hydrogen-bond acceptors (Lipinski definition) is 3. The summed E-state index contributed by atoms with van der Waals surface area (Å²) in [5, 5.41) is 0. The maximum absolute atomic E-state index is 12.5. The first kappa shape index (κ1) is 13.8. The van der Waals surface area contributed by atoms with Crippen LogP contribution in [0.25, 0.3) is 0 Å². The van der Waals surface area contributed by atoms with Crippen LogP contribution in [-0.2, 0) is 9.53 Å². The molecule has 0 aromatic carbocycles. The van der Waals surface area contributed by atoms with Crippen LogP contribution in [0.2, 0.25) is 0 Å². The molecule has 1 heterocycles. The number of carbonyl (C=O) groups excluding carboxylic acids is 1. The van der Waals surface area contributed by atoms with Crippen molar-refractivity contribution < 1.29 is 9.53 Å². The number of nitrogens with zero attached hydrogens (tertiary/aromatic N) is 1. The minimum atomic E-state index is 0.140. The minimum Gasteiger partial charge on any atom is -0.377 e. The van der Waals surface area contributed by atoms with Crippen molar-refractivity contribution in [3.63, 3.8) is 0 Å². The lowest BCUT2D eigenvalue weighted by atomic mass is 9.79.